The van der Waals surface area contributed by atoms with Gasteiger partial charge in [0.2, 0.25) is 0 Å². The molecule has 0 spiro atoms. The van der Waals surface area contributed by atoms with E-state index in [-0.39, 0.29) is 6.10 Å². The van der Waals surface area contributed by atoms with Gasteiger partial charge in [0.1, 0.15) is 5.75 Å². The smallest absolute Gasteiger partial charge is 0.119 e. The number of benzene rings is 2. The third kappa shape index (κ3) is 5.12. The lowest BCUT2D eigenvalue weighted by Crippen LogP contribution is -2.05. The zero-order valence-electron chi connectivity index (χ0n) is 12.9. The monoisotopic (exact) mass is 285 g/mol. The molecule has 3 heteroatoms. The molecule has 0 aliphatic carbocycles. The lowest BCUT2D eigenvalue weighted by atomic mass is 10.2. The van der Waals surface area contributed by atoms with Gasteiger partial charge in [0.25, 0.3) is 0 Å². The van der Waals surface area contributed by atoms with Crippen LogP contribution in [-0.4, -0.2) is 13.2 Å². The van der Waals surface area contributed by atoms with Crippen LogP contribution in [0.25, 0.3) is 0 Å². The van der Waals surface area contributed by atoms with Crippen LogP contribution in [0, 0.1) is 0 Å². The Bertz CT molecular complexity index is 549. The molecule has 0 unspecified atom stereocenters. The Morgan fingerprint density at radius 3 is 2.43 bits per heavy atom. The number of nitrogens with one attached hydrogen (secondary N) is 1. The molecule has 0 radical (unpaired) electrons. The molecule has 2 rings (SSSR count). The van der Waals surface area contributed by atoms with E-state index in [9.17, 15) is 0 Å². The van der Waals surface area contributed by atoms with Gasteiger partial charge in [-0.15, -0.1) is 0 Å². The fourth-order valence-electron chi connectivity index (χ4n) is 2.10. The van der Waals surface area contributed by atoms with Gasteiger partial charge in [-0.1, -0.05) is 24.3 Å². The molecule has 0 amide bonds. The highest BCUT2D eigenvalue weighted by Crippen LogP contribution is 2.16. The Hall–Kier alpha value is -2.00. The number of anilines is 1. The van der Waals surface area contributed by atoms with Crippen LogP contribution >= 0.6 is 0 Å². The van der Waals surface area contributed by atoms with Crippen molar-refractivity contribution in [2.45, 2.75) is 33.1 Å². The van der Waals surface area contributed by atoms with Crippen LogP contribution in [0.1, 0.15) is 25.0 Å². The van der Waals surface area contributed by atoms with Gasteiger partial charge in [0.05, 0.1) is 12.7 Å². The van der Waals surface area contributed by atoms with Crippen molar-refractivity contribution in [1.82, 2.24) is 0 Å². The van der Waals surface area contributed by atoms with Gasteiger partial charge in [-0.3, -0.25) is 0 Å². The van der Waals surface area contributed by atoms with Crippen molar-refractivity contribution in [3.63, 3.8) is 0 Å². The molecule has 0 atom stereocenters. The Morgan fingerprint density at radius 2 is 1.76 bits per heavy atom. The van der Waals surface area contributed by atoms with Crippen molar-refractivity contribution in [3.8, 4) is 5.75 Å². The summed E-state index contributed by atoms with van der Waals surface area (Å²) in [7, 11) is 1.71. The minimum absolute atomic E-state index is 0.206. The topological polar surface area (TPSA) is 30.5 Å². The number of methoxy groups -OCH3 is 1. The summed E-state index contributed by atoms with van der Waals surface area (Å²) in [4.78, 5) is 0. The molecule has 112 valence electrons. The molecular formula is C18H23NO2. The first-order valence-electron chi connectivity index (χ1n) is 7.24. The average Bonchev–Trinajstić information content (AvgIpc) is 2.47. The summed E-state index contributed by atoms with van der Waals surface area (Å²) in [6, 6.07) is 16.5. The van der Waals surface area contributed by atoms with Crippen LogP contribution in [0.2, 0.25) is 0 Å². The van der Waals surface area contributed by atoms with Crippen LogP contribution in [-0.2, 0) is 17.9 Å². The van der Waals surface area contributed by atoms with Gasteiger partial charge >= 0.3 is 0 Å². The molecule has 0 aliphatic heterocycles. The molecule has 3 nitrogen and oxygen atoms in total. The summed E-state index contributed by atoms with van der Waals surface area (Å²) in [6.45, 7) is 5.49. The van der Waals surface area contributed by atoms with E-state index in [2.05, 4.69) is 35.6 Å². The third-order valence-electron chi connectivity index (χ3n) is 3.03. The molecule has 0 aliphatic rings. The van der Waals surface area contributed by atoms with Crippen molar-refractivity contribution >= 4 is 5.69 Å². The van der Waals surface area contributed by atoms with Crippen LogP contribution < -0.4 is 10.1 Å². The fraction of sp³-hybridized carbons (Fsp3) is 0.333. The molecule has 2 aromatic carbocycles. The summed E-state index contributed by atoms with van der Waals surface area (Å²) in [6.07, 6.45) is 0.206. The van der Waals surface area contributed by atoms with Gasteiger partial charge in [-0.25, -0.2) is 0 Å². The quantitative estimate of drug-likeness (QED) is 0.825. The maximum absolute atomic E-state index is 5.64. The number of rotatable bonds is 7. The van der Waals surface area contributed by atoms with Crippen LogP contribution in [0.15, 0.2) is 48.5 Å². The molecule has 21 heavy (non-hydrogen) atoms. The number of hydrogen-bond acceptors (Lipinski definition) is 3. The van der Waals surface area contributed by atoms with E-state index in [1.807, 2.05) is 32.0 Å². The highest BCUT2D eigenvalue weighted by molar-refractivity contribution is 5.46. The zero-order valence-corrected chi connectivity index (χ0v) is 12.9. The highest BCUT2D eigenvalue weighted by atomic mass is 16.5. The second kappa shape index (κ2) is 7.70. The standard InChI is InChI=1S/C18H23NO2/c1-14(2)21-18-9-7-15(8-10-18)12-19-17-6-4-5-16(11-17)13-20-3/h4-11,14,19H,12-13H2,1-3H3. The largest absolute Gasteiger partial charge is 0.491 e. The molecule has 0 aromatic heterocycles. The van der Waals surface area contributed by atoms with Crippen LogP contribution in [0.4, 0.5) is 5.69 Å². The van der Waals surface area contributed by atoms with Gasteiger partial charge in [0, 0.05) is 19.3 Å². The highest BCUT2D eigenvalue weighted by Gasteiger charge is 1.99. The van der Waals surface area contributed by atoms with E-state index in [0.29, 0.717) is 6.61 Å². The molecule has 0 heterocycles. The van der Waals surface area contributed by atoms with E-state index in [1.54, 1.807) is 7.11 Å². The van der Waals surface area contributed by atoms with Gasteiger partial charge < -0.3 is 14.8 Å². The van der Waals surface area contributed by atoms with E-state index in [4.69, 9.17) is 9.47 Å². The molecule has 0 fully saturated rings. The molecule has 0 bridgehead atoms. The lowest BCUT2D eigenvalue weighted by molar-refractivity contribution is 0.185. The Balaban J connectivity index is 1.91. The lowest BCUT2D eigenvalue weighted by Gasteiger charge is -2.11. The Morgan fingerprint density at radius 1 is 1.00 bits per heavy atom. The second-order valence-corrected chi connectivity index (χ2v) is 5.30. The Kier molecular flexibility index (Phi) is 5.64. The second-order valence-electron chi connectivity index (χ2n) is 5.30. The van der Waals surface area contributed by atoms with Crippen molar-refractivity contribution < 1.29 is 9.47 Å². The Labute approximate surface area is 126 Å². The third-order valence-corrected chi connectivity index (χ3v) is 3.03. The molecule has 0 saturated carbocycles. The van der Waals surface area contributed by atoms with Crippen LogP contribution in [0.5, 0.6) is 5.75 Å². The van der Waals surface area contributed by atoms with Crippen molar-refractivity contribution in [2.24, 2.45) is 0 Å². The summed E-state index contributed by atoms with van der Waals surface area (Å²) >= 11 is 0. The van der Waals surface area contributed by atoms with E-state index in [1.165, 1.54) is 11.1 Å². The molecule has 1 N–H and O–H groups in total. The molecule has 2 aromatic rings. The first-order chi connectivity index (χ1) is 10.2. The normalized spacial score (nSPS) is 10.7. The zero-order chi connectivity index (χ0) is 15.1. The predicted octanol–water partition coefficient (Wildman–Crippen LogP) is 4.23. The first-order valence-corrected chi connectivity index (χ1v) is 7.24. The minimum atomic E-state index is 0.206. The van der Waals surface area contributed by atoms with Gasteiger partial charge in [-0.2, -0.15) is 0 Å². The number of hydrogen-bond donors (Lipinski definition) is 1. The van der Waals surface area contributed by atoms with Crippen LogP contribution in [0.3, 0.4) is 0 Å². The maximum atomic E-state index is 5.64. The van der Waals surface area contributed by atoms with Gasteiger partial charge in [0.15, 0.2) is 0 Å². The predicted molar refractivity (Wildman–Crippen MR) is 86.7 cm³/mol. The van der Waals surface area contributed by atoms with E-state index < -0.39 is 0 Å². The van der Waals surface area contributed by atoms with Gasteiger partial charge in [-0.05, 0) is 49.2 Å². The first kappa shape index (κ1) is 15.4. The maximum Gasteiger partial charge on any atom is 0.119 e. The van der Waals surface area contributed by atoms with Crippen molar-refractivity contribution in [2.75, 3.05) is 12.4 Å². The van der Waals surface area contributed by atoms with E-state index >= 15 is 0 Å². The van der Waals surface area contributed by atoms with Crippen molar-refractivity contribution in [3.05, 3.63) is 59.7 Å². The molecular weight excluding hydrogens is 262 g/mol. The average molecular weight is 285 g/mol. The number of ether oxygens (including phenoxy) is 2. The van der Waals surface area contributed by atoms with Crippen molar-refractivity contribution in [1.29, 1.82) is 0 Å². The summed E-state index contributed by atoms with van der Waals surface area (Å²) in [5.74, 6) is 0.913. The summed E-state index contributed by atoms with van der Waals surface area (Å²) in [5, 5.41) is 3.42. The minimum Gasteiger partial charge on any atom is -0.491 e. The van der Waals surface area contributed by atoms with E-state index in [0.717, 1.165) is 18.0 Å². The fourth-order valence-corrected chi connectivity index (χ4v) is 2.10. The summed E-state index contributed by atoms with van der Waals surface area (Å²) < 4.78 is 10.8. The molecule has 0 saturated heterocycles. The summed E-state index contributed by atoms with van der Waals surface area (Å²) in [5.41, 5.74) is 3.50. The SMILES string of the molecule is COCc1cccc(NCc2ccc(OC(C)C)cc2)c1.